The molecular weight excluding hydrogens is 401 g/mol. The smallest absolute Gasteiger partial charge is 0.338 e. The maximum Gasteiger partial charge on any atom is 0.415 e. The van der Waals surface area contributed by atoms with E-state index in [4.69, 9.17) is 0 Å². The molecule has 0 heterocycles. The van der Waals surface area contributed by atoms with E-state index in [1.54, 1.807) is 18.2 Å². The number of hydrogen-bond acceptors (Lipinski definition) is 3. The lowest BCUT2D eigenvalue weighted by Crippen LogP contribution is -2.55. The van der Waals surface area contributed by atoms with Gasteiger partial charge < -0.3 is 10.6 Å². The molecule has 0 aliphatic carbocycles. The van der Waals surface area contributed by atoms with E-state index in [-0.39, 0.29) is 17.2 Å². The van der Waals surface area contributed by atoms with Crippen LogP contribution in [-0.4, -0.2) is 29.0 Å². The van der Waals surface area contributed by atoms with Crippen LogP contribution in [0.25, 0.3) is 0 Å². The SMILES string of the molecule is Cc1ccc(NC(=O)CS[C@@H](C)C(=O)N[C@](C)(c2ccccc2)C(F)(F)F)cc1. The van der Waals surface area contributed by atoms with Gasteiger partial charge in [0.15, 0.2) is 5.54 Å². The van der Waals surface area contributed by atoms with Gasteiger partial charge in [-0.25, -0.2) is 0 Å². The Morgan fingerprint density at radius 2 is 1.62 bits per heavy atom. The molecule has 2 N–H and O–H groups in total. The van der Waals surface area contributed by atoms with Crippen molar-refractivity contribution in [3.63, 3.8) is 0 Å². The molecule has 0 aromatic heterocycles. The number of nitrogens with one attached hydrogen (secondary N) is 2. The lowest BCUT2D eigenvalue weighted by Gasteiger charge is -2.34. The molecule has 0 aliphatic heterocycles. The molecule has 2 aromatic carbocycles. The number of amides is 2. The minimum atomic E-state index is -4.68. The van der Waals surface area contributed by atoms with Crippen molar-refractivity contribution in [2.45, 2.75) is 37.7 Å². The van der Waals surface area contributed by atoms with Crippen LogP contribution in [0.2, 0.25) is 0 Å². The van der Waals surface area contributed by atoms with Crippen molar-refractivity contribution in [1.82, 2.24) is 5.32 Å². The Kier molecular flexibility index (Phi) is 7.35. The van der Waals surface area contributed by atoms with E-state index in [1.807, 2.05) is 19.1 Å². The number of alkyl halides is 3. The van der Waals surface area contributed by atoms with E-state index in [0.717, 1.165) is 24.2 Å². The summed E-state index contributed by atoms with van der Waals surface area (Å²) in [4.78, 5) is 24.5. The zero-order chi connectivity index (χ0) is 21.7. The van der Waals surface area contributed by atoms with Gasteiger partial charge in [0.05, 0.1) is 11.0 Å². The van der Waals surface area contributed by atoms with Gasteiger partial charge in [-0.1, -0.05) is 48.0 Å². The molecule has 0 radical (unpaired) electrons. The van der Waals surface area contributed by atoms with E-state index in [0.29, 0.717) is 5.69 Å². The van der Waals surface area contributed by atoms with Crippen LogP contribution < -0.4 is 10.6 Å². The predicted molar refractivity (Wildman–Crippen MR) is 110 cm³/mol. The largest absolute Gasteiger partial charge is 0.415 e. The molecule has 29 heavy (non-hydrogen) atoms. The highest BCUT2D eigenvalue weighted by Crippen LogP contribution is 2.38. The van der Waals surface area contributed by atoms with Gasteiger partial charge in [-0.2, -0.15) is 13.2 Å². The van der Waals surface area contributed by atoms with Gasteiger partial charge >= 0.3 is 6.18 Å². The second kappa shape index (κ2) is 9.35. The molecule has 2 aromatic rings. The van der Waals surface area contributed by atoms with Crippen LogP contribution in [0.1, 0.15) is 25.0 Å². The van der Waals surface area contributed by atoms with E-state index in [1.165, 1.54) is 31.2 Å². The standard InChI is InChI=1S/C21H23F3N2O2S/c1-14-9-11-17(12-10-14)25-18(27)13-29-15(2)19(28)26-20(3,21(22,23)24)16-7-5-4-6-8-16/h4-12,15H,13H2,1-3H3,(H,25,27)(H,26,28)/t15-,20+/m0/s1. The van der Waals surface area contributed by atoms with Crippen molar-refractivity contribution < 1.29 is 22.8 Å². The van der Waals surface area contributed by atoms with Crippen molar-refractivity contribution in [3.8, 4) is 0 Å². The molecule has 0 aliphatic rings. The maximum absolute atomic E-state index is 13.7. The summed E-state index contributed by atoms with van der Waals surface area (Å²) in [5.41, 5.74) is -0.916. The molecular formula is C21H23F3N2O2S. The minimum Gasteiger partial charge on any atom is -0.338 e. The highest BCUT2D eigenvalue weighted by Gasteiger charge is 2.53. The number of anilines is 1. The van der Waals surface area contributed by atoms with Gasteiger partial charge in [0.2, 0.25) is 11.8 Å². The number of thioether (sulfide) groups is 1. The Balaban J connectivity index is 1.97. The summed E-state index contributed by atoms with van der Waals surface area (Å²) < 4.78 is 41.1. The third-order valence-electron chi connectivity index (χ3n) is 4.46. The molecule has 2 atom stereocenters. The van der Waals surface area contributed by atoms with E-state index >= 15 is 0 Å². The quantitative estimate of drug-likeness (QED) is 0.680. The summed E-state index contributed by atoms with van der Waals surface area (Å²) in [5.74, 6) is -1.18. The summed E-state index contributed by atoms with van der Waals surface area (Å²) in [6.45, 7) is 4.33. The monoisotopic (exact) mass is 424 g/mol. The van der Waals surface area contributed by atoms with Crippen LogP contribution in [0.3, 0.4) is 0 Å². The highest BCUT2D eigenvalue weighted by molar-refractivity contribution is 8.01. The number of aryl methyl sites for hydroxylation is 1. The summed E-state index contributed by atoms with van der Waals surface area (Å²) in [6.07, 6.45) is -4.68. The summed E-state index contributed by atoms with van der Waals surface area (Å²) in [6, 6.07) is 14.4. The number of carbonyl (C=O) groups is 2. The van der Waals surface area contributed by atoms with E-state index in [2.05, 4.69) is 10.6 Å². The van der Waals surface area contributed by atoms with Gasteiger partial charge in [0.25, 0.3) is 0 Å². The Labute approximate surface area is 172 Å². The molecule has 0 fully saturated rings. The van der Waals surface area contributed by atoms with Crippen molar-refractivity contribution in [2.24, 2.45) is 0 Å². The third-order valence-corrected chi connectivity index (χ3v) is 5.60. The van der Waals surface area contributed by atoms with Crippen LogP contribution in [0.4, 0.5) is 18.9 Å². The van der Waals surface area contributed by atoms with Crippen LogP contribution >= 0.6 is 11.8 Å². The van der Waals surface area contributed by atoms with Gasteiger partial charge in [-0.3, -0.25) is 9.59 Å². The van der Waals surface area contributed by atoms with Crippen molar-refractivity contribution in [2.75, 3.05) is 11.1 Å². The first kappa shape index (κ1) is 22.8. The Morgan fingerprint density at radius 1 is 1.03 bits per heavy atom. The number of rotatable bonds is 7. The number of hydrogen-bond donors (Lipinski definition) is 2. The Bertz CT molecular complexity index is 841. The molecule has 2 rings (SSSR count). The van der Waals surface area contributed by atoms with Gasteiger partial charge in [0.1, 0.15) is 0 Å². The summed E-state index contributed by atoms with van der Waals surface area (Å²) in [5, 5.41) is 3.96. The fourth-order valence-corrected chi connectivity index (χ4v) is 3.22. The van der Waals surface area contributed by atoms with Gasteiger partial charge in [-0.15, -0.1) is 11.8 Å². The van der Waals surface area contributed by atoms with Gasteiger partial charge in [0, 0.05) is 5.69 Å². The first-order valence-electron chi connectivity index (χ1n) is 8.95. The number of carbonyl (C=O) groups excluding carboxylic acids is 2. The molecule has 2 amide bonds. The molecule has 0 saturated carbocycles. The van der Waals surface area contributed by atoms with Crippen LogP contribution in [0.5, 0.6) is 0 Å². The summed E-state index contributed by atoms with van der Waals surface area (Å²) >= 11 is 0.970. The third kappa shape index (κ3) is 6.00. The average Bonchev–Trinajstić information content (AvgIpc) is 2.67. The minimum absolute atomic E-state index is 0.0590. The first-order chi connectivity index (χ1) is 13.5. The Morgan fingerprint density at radius 3 is 2.17 bits per heavy atom. The fraction of sp³-hybridized carbons (Fsp3) is 0.333. The number of halogens is 3. The van der Waals surface area contributed by atoms with Crippen LogP contribution in [-0.2, 0) is 15.1 Å². The molecule has 0 spiro atoms. The van der Waals surface area contributed by atoms with Gasteiger partial charge in [-0.05, 0) is 38.5 Å². The second-order valence-corrected chi connectivity index (χ2v) is 8.17. The molecule has 0 saturated heterocycles. The lowest BCUT2D eigenvalue weighted by atomic mass is 9.91. The van der Waals surface area contributed by atoms with Crippen molar-refractivity contribution in [1.29, 1.82) is 0 Å². The maximum atomic E-state index is 13.7. The van der Waals surface area contributed by atoms with Crippen molar-refractivity contribution in [3.05, 3.63) is 65.7 Å². The average molecular weight is 424 g/mol. The molecule has 0 unspecified atom stereocenters. The fourth-order valence-electron chi connectivity index (χ4n) is 2.54. The molecule has 4 nitrogen and oxygen atoms in total. The predicted octanol–water partition coefficient (Wildman–Crippen LogP) is 4.65. The van der Waals surface area contributed by atoms with Crippen LogP contribution in [0, 0.1) is 6.92 Å². The highest BCUT2D eigenvalue weighted by atomic mass is 32.2. The second-order valence-electron chi connectivity index (χ2n) is 6.85. The first-order valence-corrected chi connectivity index (χ1v) is 10.00. The zero-order valence-electron chi connectivity index (χ0n) is 16.3. The topological polar surface area (TPSA) is 58.2 Å². The Hall–Kier alpha value is -2.48. The van der Waals surface area contributed by atoms with E-state index in [9.17, 15) is 22.8 Å². The normalized spacial score (nSPS) is 14.6. The van der Waals surface area contributed by atoms with Crippen molar-refractivity contribution >= 4 is 29.3 Å². The zero-order valence-corrected chi connectivity index (χ0v) is 17.2. The molecule has 8 heteroatoms. The summed E-state index contributed by atoms with van der Waals surface area (Å²) in [7, 11) is 0. The number of benzene rings is 2. The van der Waals surface area contributed by atoms with E-state index < -0.39 is 22.9 Å². The molecule has 0 bridgehead atoms. The molecule has 156 valence electrons. The lowest BCUT2D eigenvalue weighted by molar-refractivity contribution is -0.197. The van der Waals surface area contributed by atoms with Crippen LogP contribution in [0.15, 0.2) is 54.6 Å².